The number of amides is 1. The minimum absolute atomic E-state index is 0.0794. The summed E-state index contributed by atoms with van der Waals surface area (Å²) in [5, 5.41) is 13.9. The number of nitro benzene ring substituents is 1. The number of rotatable bonds is 9. The molecule has 8 nitrogen and oxygen atoms in total. The number of nitro groups is 1. The molecule has 2 aromatic rings. The van der Waals surface area contributed by atoms with Crippen LogP contribution in [0.15, 0.2) is 36.4 Å². The maximum Gasteiger partial charge on any atom is 0.292 e. The summed E-state index contributed by atoms with van der Waals surface area (Å²) in [6, 6.07) is 9.69. The van der Waals surface area contributed by atoms with Crippen LogP contribution in [0.5, 0.6) is 11.5 Å². The second-order valence-electron chi connectivity index (χ2n) is 6.14. The van der Waals surface area contributed by atoms with Crippen LogP contribution >= 0.6 is 11.6 Å². The molecule has 1 N–H and O–H groups in total. The van der Waals surface area contributed by atoms with Crippen LogP contribution < -0.4 is 14.8 Å². The summed E-state index contributed by atoms with van der Waals surface area (Å²) < 4.78 is 10.5. The average Bonchev–Trinajstić information content (AvgIpc) is 2.65. The highest BCUT2D eigenvalue weighted by atomic mass is 35.5. The summed E-state index contributed by atoms with van der Waals surface area (Å²) >= 11 is 5.87. The van der Waals surface area contributed by atoms with E-state index in [4.69, 9.17) is 21.1 Å². The lowest BCUT2D eigenvalue weighted by Crippen LogP contribution is -2.31. The SMILES string of the molecule is COc1ccc(CCN(C)CC(=O)Nc2cc(Cl)ccc2[N+](=O)[O-])cc1OC. The number of carbonyl (C=O) groups is 1. The topological polar surface area (TPSA) is 93.9 Å². The number of likely N-dealkylation sites (N-methyl/N-ethyl adjacent to an activating group) is 1. The molecule has 0 heterocycles. The van der Waals surface area contributed by atoms with E-state index >= 15 is 0 Å². The molecule has 0 fully saturated rings. The van der Waals surface area contributed by atoms with E-state index in [0.29, 0.717) is 29.5 Å². The lowest BCUT2D eigenvalue weighted by atomic mass is 10.1. The molecule has 0 radical (unpaired) electrons. The Bertz CT molecular complexity index is 859. The number of carbonyl (C=O) groups excluding carboxylic acids is 1. The number of hydrogen-bond donors (Lipinski definition) is 1. The molecule has 0 atom stereocenters. The molecular weight excluding hydrogens is 386 g/mol. The maximum absolute atomic E-state index is 12.2. The van der Waals surface area contributed by atoms with Gasteiger partial charge < -0.3 is 14.8 Å². The fourth-order valence-corrected chi connectivity index (χ4v) is 2.81. The summed E-state index contributed by atoms with van der Waals surface area (Å²) in [6.07, 6.45) is 0.696. The summed E-state index contributed by atoms with van der Waals surface area (Å²) in [5.41, 5.74) is 0.914. The van der Waals surface area contributed by atoms with E-state index in [0.717, 1.165) is 5.56 Å². The second kappa shape index (κ2) is 9.91. The van der Waals surface area contributed by atoms with Crippen LogP contribution in [0.4, 0.5) is 11.4 Å². The van der Waals surface area contributed by atoms with Crippen LogP contribution in [0.25, 0.3) is 0 Å². The van der Waals surface area contributed by atoms with Crippen molar-refractivity contribution in [3.63, 3.8) is 0 Å². The van der Waals surface area contributed by atoms with Gasteiger partial charge in [0.1, 0.15) is 5.69 Å². The van der Waals surface area contributed by atoms with E-state index in [-0.39, 0.29) is 23.8 Å². The lowest BCUT2D eigenvalue weighted by Gasteiger charge is -2.17. The number of benzene rings is 2. The van der Waals surface area contributed by atoms with Gasteiger partial charge in [-0.2, -0.15) is 0 Å². The number of nitrogens with zero attached hydrogens (tertiary/aromatic N) is 2. The van der Waals surface area contributed by atoms with E-state index < -0.39 is 4.92 Å². The van der Waals surface area contributed by atoms with Crippen molar-refractivity contribution in [3.05, 3.63) is 57.1 Å². The highest BCUT2D eigenvalue weighted by molar-refractivity contribution is 6.31. The van der Waals surface area contributed by atoms with Crippen LogP contribution in [-0.2, 0) is 11.2 Å². The Morgan fingerprint density at radius 3 is 2.54 bits per heavy atom. The van der Waals surface area contributed by atoms with E-state index in [1.807, 2.05) is 23.1 Å². The summed E-state index contributed by atoms with van der Waals surface area (Å²) in [6.45, 7) is 0.692. The third kappa shape index (κ3) is 5.83. The van der Waals surface area contributed by atoms with Gasteiger partial charge in [-0.15, -0.1) is 0 Å². The first kappa shape index (κ1) is 21.5. The molecule has 0 aliphatic heterocycles. The van der Waals surface area contributed by atoms with E-state index in [2.05, 4.69) is 5.32 Å². The van der Waals surface area contributed by atoms with Crippen molar-refractivity contribution < 1.29 is 19.2 Å². The molecule has 28 heavy (non-hydrogen) atoms. The fraction of sp³-hybridized carbons (Fsp3) is 0.316. The largest absolute Gasteiger partial charge is 0.493 e. The molecular formula is C19H22ClN3O5. The molecule has 0 saturated heterocycles. The number of hydrogen-bond acceptors (Lipinski definition) is 6. The molecule has 0 unspecified atom stereocenters. The summed E-state index contributed by atoms with van der Waals surface area (Å²) in [4.78, 5) is 24.6. The van der Waals surface area contributed by atoms with E-state index in [1.54, 1.807) is 21.3 Å². The Kier molecular flexibility index (Phi) is 7.60. The zero-order valence-corrected chi connectivity index (χ0v) is 16.7. The molecule has 150 valence electrons. The Morgan fingerprint density at radius 1 is 1.18 bits per heavy atom. The van der Waals surface area contributed by atoms with Crippen LogP contribution in [0.1, 0.15) is 5.56 Å². The van der Waals surface area contributed by atoms with Gasteiger partial charge in [-0.1, -0.05) is 17.7 Å². The number of ether oxygens (including phenoxy) is 2. The Morgan fingerprint density at radius 2 is 1.89 bits per heavy atom. The quantitative estimate of drug-likeness (QED) is 0.506. The van der Waals surface area contributed by atoms with Gasteiger partial charge in [-0.25, -0.2) is 0 Å². The highest BCUT2D eigenvalue weighted by Gasteiger charge is 2.17. The van der Waals surface area contributed by atoms with Gasteiger partial charge in [0.25, 0.3) is 5.69 Å². The number of nitrogens with one attached hydrogen (secondary N) is 1. The molecule has 0 aliphatic carbocycles. The van der Waals surface area contributed by atoms with Crippen molar-refractivity contribution in [1.29, 1.82) is 0 Å². The highest BCUT2D eigenvalue weighted by Crippen LogP contribution is 2.28. The zero-order chi connectivity index (χ0) is 20.7. The predicted octanol–water partition coefficient (Wildman–Crippen LogP) is 3.38. The van der Waals surface area contributed by atoms with Crippen molar-refractivity contribution >= 4 is 28.9 Å². The van der Waals surface area contributed by atoms with Gasteiger partial charge in [0.15, 0.2) is 11.5 Å². The first-order valence-corrected chi connectivity index (χ1v) is 8.85. The first-order chi connectivity index (χ1) is 13.3. The smallest absolute Gasteiger partial charge is 0.292 e. The van der Waals surface area contributed by atoms with Crippen molar-refractivity contribution in [1.82, 2.24) is 4.90 Å². The summed E-state index contributed by atoms with van der Waals surface area (Å²) in [7, 11) is 4.95. The third-order valence-corrected chi connectivity index (χ3v) is 4.31. The number of anilines is 1. The van der Waals surface area contributed by atoms with Gasteiger partial charge in [0.2, 0.25) is 5.91 Å². The molecule has 2 aromatic carbocycles. The molecule has 1 amide bonds. The predicted molar refractivity (Wildman–Crippen MR) is 107 cm³/mol. The minimum atomic E-state index is -0.563. The Hall–Kier alpha value is -2.84. The standard InChI is InChI=1S/C19H22ClN3O5/c1-22(9-8-13-4-7-17(27-2)18(10-13)28-3)12-19(24)21-15-11-14(20)5-6-16(15)23(25)26/h4-7,10-11H,8-9,12H2,1-3H3,(H,21,24). The van der Waals surface area contributed by atoms with Crippen molar-refractivity contribution in [2.24, 2.45) is 0 Å². The fourth-order valence-electron chi connectivity index (χ4n) is 2.64. The average molecular weight is 408 g/mol. The van der Waals surface area contributed by atoms with Crippen molar-refractivity contribution in [2.45, 2.75) is 6.42 Å². The van der Waals surface area contributed by atoms with Crippen LogP contribution in [-0.4, -0.2) is 50.1 Å². The van der Waals surface area contributed by atoms with E-state index in [1.165, 1.54) is 18.2 Å². The van der Waals surface area contributed by atoms with Crippen LogP contribution in [0.3, 0.4) is 0 Å². The number of methoxy groups -OCH3 is 2. The molecule has 2 rings (SSSR count). The second-order valence-corrected chi connectivity index (χ2v) is 6.58. The Labute approximate surface area is 168 Å². The van der Waals surface area contributed by atoms with Crippen LogP contribution in [0.2, 0.25) is 5.02 Å². The van der Waals surface area contributed by atoms with Gasteiger partial charge in [-0.3, -0.25) is 19.8 Å². The van der Waals surface area contributed by atoms with Gasteiger partial charge in [-0.05, 0) is 43.3 Å². The van der Waals surface area contributed by atoms with Gasteiger partial charge >= 0.3 is 0 Å². The monoisotopic (exact) mass is 407 g/mol. The first-order valence-electron chi connectivity index (χ1n) is 8.47. The molecule has 0 aliphatic rings. The third-order valence-electron chi connectivity index (χ3n) is 4.07. The molecule has 0 spiro atoms. The number of halogens is 1. The molecule has 0 saturated carbocycles. The van der Waals surface area contributed by atoms with Crippen molar-refractivity contribution in [3.8, 4) is 11.5 Å². The van der Waals surface area contributed by atoms with Gasteiger partial charge in [0.05, 0.1) is 25.7 Å². The molecule has 0 bridgehead atoms. The van der Waals surface area contributed by atoms with E-state index in [9.17, 15) is 14.9 Å². The molecule has 9 heteroatoms. The molecule has 0 aromatic heterocycles. The minimum Gasteiger partial charge on any atom is -0.493 e. The Balaban J connectivity index is 1.93. The van der Waals surface area contributed by atoms with Gasteiger partial charge in [0, 0.05) is 17.6 Å². The zero-order valence-electron chi connectivity index (χ0n) is 15.9. The van der Waals surface area contributed by atoms with Crippen molar-refractivity contribution in [2.75, 3.05) is 39.7 Å². The van der Waals surface area contributed by atoms with Crippen LogP contribution in [0, 0.1) is 10.1 Å². The normalized spacial score (nSPS) is 10.6. The maximum atomic E-state index is 12.2. The summed E-state index contributed by atoms with van der Waals surface area (Å²) in [5.74, 6) is 0.941. The lowest BCUT2D eigenvalue weighted by molar-refractivity contribution is -0.383.